The quantitative estimate of drug-likeness (QED) is 0.0169. The molecule has 19 heteroatoms. The Morgan fingerprint density at radius 2 is 0.538 bits per heavy atom. The zero-order chi connectivity index (χ0) is 76.0. The molecule has 5 unspecified atom stereocenters. The number of unbranched alkanes of at least 4 members (excludes halogenated alkanes) is 24. The van der Waals surface area contributed by atoms with Gasteiger partial charge in [0.15, 0.2) is 12.2 Å². The number of aliphatic hydroxyl groups is 1. The lowest BCUT2D eigenvalue weighted by atomic mass is 10.1. The molecule has 0 aromatic heterocycles. The number of aliphatic hydroxyl groups excluding tert-OH is 1. The molecule has 0 amide bonds. The first-order chi connectivity index (χ1) is 50.7. The summed E-state index contributed by atoms with van der Waals surface area (Å²) in [6.45, 7) is 4.53. The van der Waals surface area contributed by atoms with Gasteiger partial charge in [-0.1, -0.05) is 276 Å². The van der Waals surface area contributed by atoms with Crippen molar-refractivity contribution >= 4 is 39.5 Å². The van der Waals surface area contributed by atoms with Crippen LogP contribution < -0.4 is 0 Å². The van der Waals surface area contributed by atoms with Crippen molar-refractivity contribution in [2.75, 3.05) is 39.6 Å². The van der Waals surface area contributed by atoms with Crippen molar-refractivity contribution in [2.45, 2.75) is 329 Å². The lowest BCUT2D eigenvalue weighted by Crippen LogP contribution is -2.30. The summed E-state index contributed by atoms with van der Waals surface area (Å²) in [7, 11) is -9.99. The number of rotatable bonds is 74. The van der Waals surface area contributed by atoms with E-state index in [1.807, 2.05) is 18.2 Å². The van der Waals surface area contributed by atoms with Crippen LogP contribution in [0.5, 0.6) is 0 Å². The number of hydrogen-bond donors (Lipinski definition) is 3. The van der Waals surface area contributed by atoms with Crippen molar-refractivity contribution in [1.82, 2.24) is 0 Å². The molecule has 0 radical (unpaired) electrons. The summed E-state index contributed by atoms with van der Waals surface area (Å²) in [5.74, 6) is -2.31. The smallest absolute Gasteiger partial charge is 0.462 e. The van der Waals surface area contributed by atoms with E-state index in [2.05, 4.69) is 155 Å². The molecule has 0 saturated carbocycles. The van der Waals surface area contributed by atoms with Gasteiger partial charge in [0.1, 0.15) is 19.3 Å². The monoisotopic (exact) mass is 1500 g/mol. The van der Waals surface area contributed by atoms with E-state index in [9.17, 15) is 43.2 Å². The van der Waals surface area contributed by atoms with E-state index in [0.29, 0.717) is 32.1 Å². The van der Waals surface area contributed by atoms with Gasteiger partial charge in [0.25, 0.3) is 0 Å². The molecule has 0 aromatic rings. The van der Waals surface area contributed by atoms with E-state index in [1.165, 1.54) is 44.9 Å². The lowest BCUT2D eigenvalue weighted by molar-refractivity contribution is -0.161. The maximum absolute atomic E-state index is 13.1. The number of allylic oxidation sites excluding steroid dienone is 24. The van der Waals surface area contributed by atoms with Gasteiger partial charge < -0.3 is 33.8 Å². The minimum atomic E-state index is -5.00. The van der Waals surface area contributed by atoms with Crippen molar-refractivity contribution in [2.24, 2.45) is 0 Å². The van der Waals surface area contributed by atoms with Crippen LogP contribution in [0.25, 0.3) is 0 Å². The number of phosphoric acid groups is 2. The van der Waals surface area contributed by atoms with Gasteiger partial charge in [0.05, 0.1) is 26.4 Å². The van der Waals surface area contributed by atoms with Crippen molar-refractivity contribution in [1.29, 1.82) is 0 Å². The largest absolute Gasteiger partial charge is 0.472 e. The Bertz CT molecular complexity index is 2540. The maximum atomic E-state index is 13.1. The van der Waals surface area contributed by atoms with Crippen LogP contribution >= 0.6 is 15.6 Å². The van der Waals surface area contributed by atoms with Gasteiger partial charge in [-0.25, -0.2) is 9.13 Å². The molecule has 0 aliphatic carbocycles. The molecule has 0 heterocycles. The minimum Gasteiger partial charge on any atom is -0.462 e. The fourth-order valence-corrected chi connectivity index (χ4v) is 11.7. The molecule has 3 N–H and O–H groups in total. The second kappa shape index (κ2) is 76.1. The van der Waals surface area contributed by atoms with Crippen LogP contribution in [0.4, 0.5) is 0 Å². The van der Waals surface area contributed by atoms with E-state index < -0.39 is 97.5 Å². The molecule has 0 bridgehead atoms. The number of hydrogen-bond acceptors (Lipinski definition) is 15. The Balaban J connectivity index is 5.41. The Labute approximate surface area is 630 Å². The predicted octanol–water partition coefficient (Wildman–Crippen LogP) is 23.4. The van der Waals surface area contributed by atoms with Gasteiger partial charge in [-0.15, -0.1) is 0 Å². The third-order valence-corrected chi connectivity index (χ3v) is 18.2. The normalized spacial score (nSPS) is 14.6. The van der Waals surface area contributed by atoms with Crippen LogP contribution in [0, 0.1) is 0 Å². The summed E-state index contributed by atoms with van der Waals surface area (Å²) >= 11 is 0. The predicted molar refractivity (Wildman–Crippen MR) is 427 cm³/mol. The number of phosphoric ester groups is 2. The number of ether oxygens (including phenoxy) is 4. The summed E-state index contributed by atoms with van der Waals surface area (Å²) in [5, 5.41) is 10.6. The third-order valence-electron chi connectivity index (χ3n) is 16.3. The van der Waals surface area contributed by atoms with Crippen LogP contribution in [0.1, 0.15) is 310 Å². The van der Waals surface area contributed by atoms with Crippen molar-refractivity contribution in [3.8, 4) is 0 Å². The molecule has 0 aromatic carbocycles. The Morgan fingerprint density at radius 1 is 0.279 bits per heavy atom. The van der Waals surface area contributed by atoms with E-state index in [0.717, 1.165) is 180 Å². The fraction of sp³-hybridized carbons (Fsp3) is 0.671. The van der Waals surface area contributed by atoms with E-state index in [1.54, 1.807) is 0 Å². The number of carbonyl (C=O) groups excluding carboxylic acids is 4. The van der Waals surface area contributed by atoms with E-state index >= 15 is 0 Å². The van der Waals surface area contributed by atoms with Gasteiger partial charge in [-0.3, -0.25) is 37.3 Å². The summed E-state index contributed by atoms with van der Waals surface area (Å²) < 4.78 is 68.5. The summed E-state index contributed by atoms with van der Waals surface area (Å²) in [6.07, 6.45) is 87.0. The molecule has 0 spiro atoms. The van der Waals surface area contributed by atoms with Gasteiger partial charge in [-0.2, -0.15) is 0 Å². The summed E-state index contributed by atoms with van der Waals surface area (Å²) in [5.41, 5.74) is 0. The molecule has 594 valence electrons. The molecular weight excluding hydrogens is 1350 g/mol. The van der Waals surface area contributed by atoms with Gasteiger partial charge in [-0.05, 0) is 154 Å². The molecule has 0 aliphatic rings. The molecule has 0 rings (SSSR count). The van der Waals surface area contributed by atoms with Gasteiger partial charge in [0.2, 0.25) is 0 Å². The van der Waals surface area contributed by atoms with Crippen molar-refractivity contribution < 1.29 is 80.2 Å². The van der Waals surface area contributed by atoms with Crippen LogP contribution in [0.3, 0.4) is 0 Å². The van der Waals surface area contributed by atoms with Crippen molar-refractivity contribution in [3.63, 3.8) is 0 Å². The van der Waals surface area contributed by atoms with Crippen LogP contribution in [0.15, 0.2) is 146 Å². The molecule has 17 nitrogen and oxygen atoms in total. The average molecular weight is 1500 g/mol. The molecule has 104 heavy (non-hydrogen) atoms. The average Bonchev–Trinajstić information content (AvgIpc) is 0.913. The highest BCUT2D eigenvalue weighted by molar-refractivity contribution is 7.47. The Hall–Kier alpha value is -5.06. The molecule has 0 aliphatic heterocycles. The zero-order valence-electron chi connectivity index (χ0n) is 64.9. The maximum Gasteiger partial charge on any atom is 0.472 e. The van der Waals surface area contributed by atoms with Crippen molar-refractivity contribution in [3.05, 3.63) is 146 Å². The fourth-order valence-electron chi connectivity index (χ4n) is 10.2. The van der Waals surface area contributed by atoms with Crippen LogP contribution in [0.2, 0.25) is 0 Å². The number of carbonyl (C=O) groups is 4. The zero-order valence-corrected chi connectivity index (χ0v) is 66.7. The SMILES string of the molecule is CC/C=C\C/C=C\C/C=C\C/C=C\C/C=C\C/C=C\CCC(=O)OCC(COP(=O)(O)OCC(O)COP(=O)(O)OCC(COC(=O)CCCCCCCC/C=C\C/C=C\C/C=C\CCCCC)OC(=O)CCCCCCC/C=C\C/C=C\CCC)OC(=O)CCCCCCC/C=C\CCCCCC. The Kier molecular flexibility index (Phi) is 72.4. The second-order valence-corrected chi connectivity index (χ2v) is 29.2. The summed E-state index contributed by atoms with van der Waals surface area (Å²) in [4.78, 5) is 73.0. The molecule has 0 saturated heterocycles. The third kappa shape index (κ3) is 75.2. The first kappa shape index (κ1) is 98.9. The topological polar surface area (TPSA) is 237 Å². The standard InChI is InChI=1S/C85H142O17P2/c1-5-9-13-17-21-25-29-33-35-37-39-41-43-47-49-53-57-61-65-69-82(87)95-75-80(101-84(89)71-67-63-59-55-51-45-31-27-23-19-15-11-7-3)77-99-103(91,92)97-73-79(86)74-98-104(93,94)100-78-81(102-85(90)72-68-64-60-56-52-46-32-28-24-20-16-12-8-4)76-96-83(88)70-66-62-58-54-50-48-44-42-40-38-36-34-30-26-22-18-14-10-6-2/h9,13,16,20-22,25-28,31-36,39-42,47,49,57,61,79-81,86H,5-8,10-12,14-15,17-19,23-24,29-30,37-38,43-46,48,50-56,58-60,62-78H2,1-4H3,(H,91,92)(H,93,94)/b13-9-,20-16-,25-21-,26-22-,31-27-,32-28-,35-33-,36-34-,41-39-,42-40-,49-47-,61-57-. The highest BCUT2D eigenvalue weighted by Crippen LogP contribution is 2.45. The van der Waals surface area contributed by atoms with Gasteiger partial charge in [0, 0.05) is 25.7 Å². The van der Waals surface area contributed by atoms with Crippen LogP contribution in [-0.2, 0) is 65.4 Å². The molecular formula is C85H142O17P2. The van der Waals surface area contributed by atoms with Gasteiger partial charge >= 0.3 is 39.5 Å². The lowest BCUT2D eigenvalue weighted by Gasteiger charge is -2.21. The first-order valence-corrected chi connectivity index (χ1v) is 43.1. The minimum absolute atomic E-state index is 0.0310. The highest BCUT2D eigenvalue weighted by atomic mass is 31.2. The summed E-state index contributed by atoms with van der Waals surface area (Å²) in [6, 6.07) is 0. The van der Waals surface area contributed by atoms with E-state index in [4.69, 9.17) is 37.0 Å². The molecule has 5 atom stereocenters. The Morgan fingerprint density at radius 3 is 0.894 bits per heavy atom. The first-order valence-electron chi connectivity index (χ1n) is 40.1. The second-order valence-electron chi connectivity index (χ2n) is 26.3. The molecule has 0 fully saturated rings. The van der Waals surface area contributed by atoms with Crippen LogP contribution in [-0.4, -0.2) is 96.7 Å². The number of esters is 4. The highest BCUT2D eigenvalue weighted by Gasteiger charge is 2.30. The van der Waals surface area contributed by atoms with E-state index in [-0.39, 0.29) is 25.7 Å².